The van der Waals surface area contributed by atoms with Gasteiger partial charge in [-0.15, -0.1) is 10.2 Å². The minimum Gasteiger partial charge on any atom is -0.494 e. The van der Waals surface area contributed by atoms with E-state index in [4.69, 9.17) is 26.7 Å². The number of hydrogen-bond acceptors (Lipinski definition) is 10. The van der Waals surface area contributed by atoms with Crippen molar-refractivity contribution < 1.29 is 9.47 Å². The molecule has 0 fully saturated rings. The molecule has 13 nitrogen and oxygen atoms in total. The Labute approximate surface area is 155 Å². The molecule has 0 saturated carbocycles. The molecule has 0 aromatic heterocycles. The molecule has 0 saturated heterocycles. The van der Waals surface area contributed by atoms with Gasteiger partial charge in [0.05, 0.1) is 7.11 Å². The number of nitrogens with zero attached hydrogens (tertiary/aromatic N) is 6. The summed E-state index contributed by atoms with van der Waals surface area (Å²) in [6.07, 6.45) is 0.815. The highest BCUT2D eigenvalue weighted by atomic mass is 16.5. The average Bonchev–Trinajstić information content (AvgIpc) is 2.64. The molecule has 0 bridgehead atoms. The number of ether oxygens (including phenoxy) is 2. The lowest BCUT2D eigenvalue weighted by Crippen LogP contribution is -2.39. The zero-order chi connectivity index (χ0) is 19.8. The molecule has 0 spiro atoms. The summed E-state index contributed by atoms with van der Waals surface area (Å²) in [6.45, 7) is 4.01. The summed E-state index contributed by atoms with van der Waals surface area (Å²) in [7, 11) is 1.53. The van der Waals surface area contributed by atoms with E-state index in [1.807, 2.05) is 13.8 Å². The molecule has 144 valence electrons. The normalized spacial score (nSPS) is 16.8. The maximum absolute atomic E-state index is 6.85. The Balaban J connectivity index is 2.44. The maximum atomic E-state index is 6.85. The van der Waals surface area contributed by atoms with Crippen molar-refractivity contribution in [2.45, 2.75) is 26.1 Å². The Morgan fingerprint density at radius 2 is 1.96 bits per heavy atom. The molecule has 2 rings (SSSR count). The number of hydrogen-bond donors (Lipinski definition) is 5. The molecule has 0 aliphatic carbocycles. The summed E-state index contributed by atoms with van der Waals surface area (Å²) in [5.41, 5.74) is 10.5. The minimum absolute atomic E-state index is 0.114. The van der Waals surface area contributed by atoms with Gasteiger partial charge in [0.25, 0.3) is 0 Å². The van der Waals surface area contributed by atoms with Crippen LogP contribution in [0.2, 0.25) is 0 Å². The third kappa shape index (κ3) is 4.65. The van der Waals surface area contributed by atoms with Crippen molar-refractivity contribution in [2.75, 3.05) is 7.11 Å². The van der Waals surface area contributed by atoms with Gasteiger partial charge in [-0.2, -0.15) is 5.53 Å². The fraction of sp³-hybridized carbons (Fsp3) is 0.357. The Bertz CT molecular complexity index is 800. The van der Waals surface area contributed by atoms with Crippen LogP contribution in [0.15, 0.2) is 55.0 Å². The first-order chi connectivity index (χ1) is 13.0. The van der Waals surface area contributed by atoms with Gasteiger partial charge in [0, 0.05) is 17.8 Å². The number of amidine groups is 1. The smallest absolute Gasteiger partial charge is 0.219 e. The van der Waals surface area contributed by atoms with Crippen molar-refractivity contribution in [3.05, 3.63) is 29.7 Å². The van der Waals surface area contributed by atoms with Crippen LogP contribution in [0.1, 0.15) is 25.3 Å². The first-order valence-corrected chi connectivity index (χ1v) is 7.82. The third-order valence-corrected chi connectivity index (χ3v) is 3.50. The minimum atomic E-state index is -0.697. The highest BCUT2D eigenvalue weighted by Crippen LogP contribution is 2.39. The second-order valence-electron chi connectivity index (χ2n) is 5.52. The SMILES string of the molecule is COc1cc(C(C)C)c(OC2=CNC(NN=N)N=C2N=NN)cc1N=NN. The standard InChI is InChI=1S/C14H21N11O2/c1-7(2)8-4-11(26-3)9(20-23-15)5-10(8)27-12-6-18-14(22-25-17)19-13(12)21-24-16/h4-7,14,18H,1-3H3,(H2,15,20)(H2,17,22)(H2,16,19,21). The summed E-state index contributed by atoms with van der Waals surface area (Å²) in [5.74, 6) is 11.8. The fourth-order valence-corrected chi connectivity index (χ4v) is 2.30. The van der Waals surface area contributed by atoms with E-state index in [-0.39, 0.29) is 17.5 Å². The molecule has 1 heterocycles. The fourth-order valence-electron chi connectivity index (χ4n) is 2.30. The number of aliphatic imine (C=N–C) groups is 1. The molecule has 1 atom stereocenters. The van der Waals surface area contributed by atoms with Crippen molar-refractivity contribution in [2.24, 2.45) is 42.6 Å². The van der Waals surface area contributed by atoms with Crippen LogP contribution < -0.4 is 31.9 Å². The number of methoxy groups -OCH3 is 1. The van der Waals surface area contributed by atoms with Gasteiger partial charge in [-0.3, -0.25) is 0 Å². The van der Waals surface area contributed by atoms with Crippen LogP contribution in [0.4, 0.5) is 5.69 Å². The molecule has 27 heavy (non-hydrogen) atoms. The zero-order valence-electron chi connectivity index (χ0n) is 15.0. The van der Waals surface area contributed by atoms with Crippen LogP contribution in [0, 0.1) is 5.53 Å². The molecule has 1 unspecified atom stereocenters. The van der Waals surface area contributed by atoms with Crippen LogP contribution in [0.3, 0.4) is 0 Å². The van der Waals surface area contributed by atoms with Gasteiger partial charge in [0.15, 0.2) is 5.76 Å². The first kappa shape index (κ1) is 19.6. The van der Waals surface area contributed by atoms with Crippen LogP contribution in [0.5, 0.6) is 11.5 Å². The van der Waals surface area contributed by atoms with E-state index in [0.717, 1.165) is 5.56 Å². The Hall–Kier alpha value is -3.77. The second-order valence-corrected chi connectivity index (χ2v) is 5.52. The Kier molecular flexibility index (Phi) is 6.57. The number of rotatable bonds is 7. The molecule has 1 aliphatic rings. The largest absolute Gasteiger partial charge is 0.494 e. The van der Waals surface area contributed by atoms with Gasteiger partial charge in [-0.1, -0.05) is 29.5 Å². The number of benzene rings is 1. The van der Waals surface area contributed by atoms with Gasteiger partial charge in [0.1, 0.15) is 17.2 Å². The highest BCUT2D eigenvalue weighted by Gasteiger charge is 2.22. The Morgan fingerprint density at radius 3 is 2.56 bits per heavy atom. The van der Waals surface area contributed by atoms with Gasteiger partial charge in [-0.25, -0.2) is 10.4 Å². The van der Waals surface area contributed by atoms with E-state index < -0.39 is 6.29 Å². The van der Waals surface area contributed by atoms with E-state index in [1.165, 1.54) is 13.3 Å². The summed E-state index contributed by atoms with van der Waals surface area (Å²) >= 11 is 0. The lowest BCUT2D eigenvalue weighted by molar-refractivity contribution is 0.402. The highest BCUT2D eigenvalue weighted by molar-refractivity contribution is 5.97. The van der Waals surface area contributed by atoms with Crippen molar-refractivity contribution in [1.82, 2.24) is 10.7 Å². The van der Waals surface area contributed by atoms with Crippen molar-refractivity contribution in [1.29, 1.82) is 5.53 Å². The third-order valence-electron chi connectivity index (χ3n) is 3.50. The van der Waals surface area contributed by atoms with E-state index in [0.29, 0.717) is 17.2 Å². The van der Waals surface area contributed by atoms with E-state index in [1.54, 1.807) is 12.1 Å². The van der Waals surface area contributed by atoms with Crippen molar-refractivity contribution in [3.63, 3.8) is 0 Å². The van der Waals surface area contributed by atoms with E-state index >= 15 is 0 Å². The van der Waals surface area contributed by atoms with Gasteiger partial charge < -0.3 is 26.5 Å². The maximum Gasteiger partial charge on any atom is 0.219 e. The van der Waals surface area contributed by atoms with Crippen LogP contribution in [0.25, 0.3) is 0 Å². The lowest BCUT2D eigenvalue weighted by atomic mass is 10.0. The molecule has 7 N–H and O–H groups in total. The van der Waals surface area contributed by atoms with Crippen molar-refractivity contribution in [3.8, 4) is 11.5 Å². The van der Waals surface area contributed by atoms with E-state index in [9.17, 15) is 0 Å². The van der Waals surface area contributed by atoms with Crippen LogP contribution in [-0.4, -0.2) is 19.2 Å². The van der Waals surface area contributed by atoms with Crippen LogP contribution in [-0.2, 0) is 0 Å². The molecule has 0 radical (unpaired) electrons. The molecular formula is C14H21N11O2. The topological polar surface area (TPSA) is 193 Å². The molecule has 1 aromatic carbocycles. The summed E-state index contributed by atoms with van der Waals surface area (Å²) in [6, 6.07) is 3.44. The predicted molar refractivity (Wildman–Crippen MR) is 96.2 cm³/mol. The summed E-state index contributed by atoms with van der Waals surface area (Å²) < 4.78 is 11.3. The molecular weight excluding hydrogens is 354 g/mol. The monoisotopic (exact) mass is 375 g/mol. The predicted octanol–water partition coefficient (Wildman–Crippen LogP) is 2.14. The zero-order valence-corrected chi connectivity index (χ0v) is 15.0. The molecule has 1 aromatic rings. The molecule has 1 aliphatic heterocycles. The summed E-state index contributed by atoms with van der Waals surface area (Å²) in [5, 5.41) is 20.1. The van der Waals surface area contributed by atoms with Crippen LogP contribution >= 0.6 is 0 Å². The summed E-state index contributed by atoms with van der Waals surface area (Å²) in [4.78, 5) is 4.17. The van der Waals surface area contributed by atoms with Gasteiger partial charge in [-0.05, 0) is 12.0 Å². The second kappa shape index (κ2) is 9.07. The van der Waals surface area contributed by atoms with Gasteiger partial charge >= 0.3 is 0 Å². The van der Waals surface area contributed by atoms with Crippen molar-refractivity contribution >= 4 is 11.5 Å². The number of nitrogens with one attached hydrogen (secondary N) is 3. The Morgan fingerprint density at radius 1 is 1.22 bits per heavy atom. The lowest BCUT2D eigenvalue weighted by Gasteiger charge is -2.21. The molecule has 13 heteroatoms. The quantitative estimate of drug-likeness (QED) is 0.275. The van der Waals surface area contributed by atoms with E-state index in [2.05, 4.69) is 41.6 Å². The number of nitrogens with two attached hydrogens (primary N) is 2. The first-order valence-electron chi connectivity index (χ1n) is 7.82. The average molecular weight is 375 g/mol. The van der Waals surface area contributed by atoms with Gasteiger partial charge in [0.2, 0.25) is 12.1 Å². The molecule has 0 amide bonds.